The molecule has 1 aliphatic heterocycles. The van der Waals surface area contributed by atoms with Crippen molar-refractivity contribution in [2.75, 3.05) is 34.5 Å². The number of methoxy groups -OCH3 is 3. The van der Waals surface area contributed by atoms with Crippen LogP contribution in [0.3, 0.4) is 0 Å². The Labute approximate surface area is 163 Å². The largest absolute Gasteiger partial charge is 0.493 e. The highest BCUT2D eigenvalue weighted by Crippen LogP contribution is 2.38. The fourth-order valence-corrected chi connectivity index (χ4v) is 2.81. The Morgan fingerprint density at radius 1 is 1.11 bits per heavy atom. The van der Waals surface area contributed by atoms with Gasteiger partial charge in [0.25, 0.3) is 0 Å². The van der Waals surface area contributed by atoms with E-state index < -0.39 is 0 Å². The molecular weight excluding hydrogens is 362 g/mol. The number of amides is 1. The molecule has 1 unspecified atom stereocenters. The van der Waals surface area contributed by atoms with Crippen LogP contribution in [0.1, 0.15) is 5.56 Å². The second kappa shape index (κ2) is 9.03. The van der Waals surface area contributed by atoms with Crippen molar-refractivity contribution in [3.05, 3.63) is 48.0 Å². The lowest BCUT2D eigenvalue weighted by Crippen LogP contribution is -2.40. The molecule has 148 valence electrons. The number of carbonyl (C=O) groups is 1. The van der Waals surface area contributed by atoms with Crippen molar-refractivity contribution in [3.8, 4) is 28.7 Å². The predicted molar refractivity (Wildman–Crippen MR) is 104 cm³/mol. The number of benzene rings is 2. The summed E-state index contributed by atoms with van der Waals surface area (Å²) in [6, 6.07) is 11.0. The van der Waals surface area contributed by atoms with Crippen molar-refractivity contribution < 1.29 is 28.5 Å². The zero-order valence-electron chi connectivity index (χ0n) is 16.1. The maximum absolute atomic E-state index is 12.2. The van der Waals surface area contributed by atoms with Crippen LogP contribution in [0.2, 0.25) is 0 Å². The van der Waals surface area contributed by atoms with E-state index in [9.17, 15) is 4.79 Å². The Balaban J connectivity index is 1.58. The van der Waals surface area contributed by atoms with E-state index in [1.54, 1.807) is 39.5 Å². The molecule has 2 aromatic carbocycles. The molecule has 0 radical (unpaired) electrons. The number of fused-ring (bicyclic) bond motifs is 1. The fraction of sp³-hybridized carbons (Fsp3) is 0.286. The number of para-hydroxylation sites is 2. The summed E-state index contributed by atoms with van der Waals surface area (Å²) in [4.78, 5) is 12.2. The highest BCUT2D eigenvalue weighted by atomic mass is 16.6. The van der Waals surface area contributed by atoms with Gasteiger partial charge >= 0.3 is 0 Å². The van der Waals surface area contributed by atoms with Crippen molar-refractivity contribution in [2.45, 2.75) is 6.10 Å². The molecule has 1 N–H and O–H groups in total. The summed E-state index contributed by atoms with van der Waals surface area (Å²) in [7, 11) is 4.63. The smallest absolute Gasteiger partial charge is 0.244 e. The highest BCUT2D eigenvalue weighted by molar-refractivity contribution is 5.91. The van der Waals surface area contributed by atoms with Crippen molar-refractivity contribution in [2.24, 2.45) is 0 Å². The minimum absolute atomic E-state index is 0.240. The lowest BCUT2D eigenvalue weighted by molar-refractivity contribution is -0.116. The van der Waals surface area contributed by atoms with Crippen LogP contribution < -0.4 is 29.0 Å². The minimum atomic E-state index is -0.242. The summed E-state index contributed by atoms with van der Waals surface area (Å²) in [5.41, 5.74) is 0.746. The van der Waals surface area contributed by atoms with Crippen LogP contribution in [0.4, 0.5) is 0 Å². The summed E-state index contributed by atoms with van der Waals surface area (Å²) in [6.45, 7) is 0.723. The molecule has 1 amide bonds. The van der Waals surface area contributed by atoms with E-state index in [2.05, 4.69) is 5.32 Å². The van der Waals surface area contributed by atoms with Crippen LogP contribution in [0.25, 0.3) is 6.08 Å². The number of nitrogens with one attached hydrogen (secondary N) is 1. The fourth-order valence-electron chi connectivity index (χ4n) is 2.81. The maximum Gasteiger partial charge on any atom is 0.244 e. The van der Waals surface area contributed by atoms with Crippen LogP contribution in [0.15, 0.2) is 42.5 Å². The van der Waals surface area contributed by atoms with Gasteiger partial charge in [-0.2, -0.15) is 0 Å². The summed E-state index contributed by atoms with van der Waals surface area (Å²) in [6.07, 6.45) is 2.87. The van der Waals surface area contributed by atoms with Crippen LogP contribution in [0, 0.1) is 0 Å². The van der Waals surface area contributed by atoms with E-state index in [4.69, 9.17) is 23.7 Å². The van der Waals surface area contributed by atoms with Gasteiger partial charge in [-0.25, -0.2) is 0 Å². The molecule has 1 heterocycles. The van der Waals surface area contributed by atoms with Gasteiger partial charge in [-0.1, -0.05) is 12.1 Å². The molecule has 0 aliphatic carbocycles. The number of hydrogen-bond acceptors (Lipinski definition) is 6. The second-order valence-corrected chi connectivity index (χ2v) is 6.03. The van der Waals surface area contributed by atoms with Gasteiger partial charge in [0.05, 0.1) is 27.9 Å². The number of rotatable bonds is 7. The van der Waals surface area contributed by atoms with Crippen LogP contribution >= 0.6 is 0 Å². The molecular formula is C21H23NO6. The lowest BCUT2D eigenvalue weighted by Gasteiger charge is -2.26. The summed E-state index contributed by atoms with van der Waals surface area (Å²) in [5.74, 6) is 2.70. The third-order valence-corrected chi connectivity index (χ3v) is 4.19. The van der Waals surface area contributed by atoms with Crippen LogP contribution in [-0.4, -0.2) is 46.5 Å². The summed E-state index contributed by atoms with van der Waals surface area (Å²) >= 11 is 0. The predicted octanol–water partition coefficient (Wildman–Crippen LogP) is 2.68. The van der Waals surface area contributed by atoms with Crippen molar-refractivity contribution >= 4 is 12.0 Å². The Bertz CT molecular complexity index is 839. The van der Waals surface area contributed by atoms with Gasteiger partial charge in [-0.15, -0.1) is 0 Å². The molecule has 0 fully saturated rings. The third kappa shape index (κ3) is 4.49. The molecule has 0 saturated heterocycles. The normalized spacial score (nSPS) is 15.2. The first-order valence-corrected chi connectivity index (χ1v) is 8.79. The van der Waals surface area contributed by atoms with E-state index >= 15 is 0 Å². The molecule has 0 aromatic heterocycles. The van der Waals surface area contributed by atoms with Crippen molar-refractivity contribution in [3.63, 3.8) is 0 Å². The zero-order chi connectivity index (χ0) is 19.9. The number of ether oxygens (including phenoxy) is 5. The van der Waals surface area contributed by atoms with Crippen molar-refractivity contribution in [1.29, 1.82) is 0 Å². The average molecular weight is 385 g/mol. The molecule has 2 aromatic rings. The van der Waals surface area contributed by atoms with Crippen LogP contribution in [0.5, 0.6) is 28.7 Å². The second-order valence-electron chi connectivity index (χ2n) is 6.03. The molecule has 0 bridgehead atoms. The minimum Gasteiger partial charge on any atom is -0.493 e. The van der Waals surface area contributed by atoms with E-state index in [0.29, 0.717) is 41.9 Å². The SMILES string of the molecule is COc1cc(/C=C/C(=O)NCC2COc3ccccc3O2)cc(OC)c1OC. The van der Waals surface area contributed by atoms with E-state index in [1.165, 1.54) is 6.08 Å². The maximum atomic E-state index is 12.2. The van der Waals surface area contributed by atoms with Crippen LogP contribution in [-0.2, 0) is 4.79 Å². The zero-order valence-corrected chi connectivity index (χ0v) is 16.1. The van der Waals surface area contributed by atoms with Gasteiger partial charge in [-0.05, 0) is 35.9 Å². The number of carbonyl (C=O) groups excluding carboxylic acids is 1. The topological polar surface area (TPSA) is 75.3 Å². The molecule has 1 atom stereocenters. The molecule has 0 saturated carbocycles. The van der Waals surface area contributed by atoms with Gasteiger partial charge in [0, 0.05) is 6.08 Å². The standard InChI is InChI=1S/C21H23NO6/c1-24-18-10-14(11-19(25-2)21(18)26-3)8-9-20(23)22-12-15-13-27-16-6-4-5-7-17(16)28-15/h4-11,15H,12-13H2,1-3H3,(H,22,23)/b9-8+. The molecule has 7 nitrogen and oxygen atoms in total. The Morgan fingerprint density at radius 2 is 1.79 bits per heavy atom. The first-order chi connectivity index (χ1) is 13.6. The summed E-state index contributed by atoms with van der Waals surface area (Å²) < 4.78 is 27.4. The summed E-state index contributed by atoms with van der Waals surface area (Å²) in [5, 5.41) is 2.82. The molecule has 28 heavy (non-hydrogen) atoms. The van der Waals surface area contributed by atoms with E-state index in [-0.39, 0.29) is 12.0 Å². The first kappa shape index (κ1) is 19.4. The quantitative estimate of drug-likeness (QED) is 0.739. The molecule has 1 aliphatic rings. The average Bonchev–Trinajstić information content (AvgIpc) is 2.75. The van der Waals surface area contributed by atoms with Gasteiger partial charge in [0.15, 0.2) is 23.0 Å². The molecule has 3 rings (SSSR count). The molecule has 0 spiro atoms. The Morgan fingerprint density at radius 3 is 2.43 bits per heavy atom. The van der Waals surface area contributed by atoms with Gasteiger partial charge in [0.1, 0.15) is 12.7 Å². The molecule has 7 heteroatoms. The number of hydrogen-bond donors (Lipinski definition) is 1. The third-order valence-electron chi connectivity index (χ3n) is 4.19. The monoisotopic (exact) mass is 385 g/mol. The van der Waals surface area contributed by atoms with Crippen molar-refractivity contribution in [1.82, 2.24) is 5.32 Å². The van der Waals surface area contributed by atoms with Gasteiger partial charge in [-0.3, -0.25) is 4.79 Å². The Kier molecular flexibility index (Phi) is 6.26. The first-order valence-electron chi connectivity index (χ1n) is 8.79. The van der Waals surface area contributed by atoms with E-state index in [1.807, 2.05) is 24.3 Å². The van der Waals surface area contributed by atoms with Gasteiger partial charge < -0.3 is 29.0 Å². The van der Waals surface area contributed by atoms with Gasteiger partial charge in [0.2, 0.25) is 11.7 Å². The highest BCUT2D eigenvalue weighted by Gasteiger charge is 2.20. The van der Waals surface area contributed by atoms with E-state index in [0.717, 1.165) is 5.56 Å². The lowest BCUT2D eigenvalue weighted by atomic mass is 10.1. The Hall–Kier alpha value is -3.35.